The maximum Gasteiger partial charge on any atom is 0.258 e. The summed E-state index contributed by atoms with van der Waals surface area (Å²) in [6.07, 6.45) is 0. The van der Waals surface area contributed by atoms with Gasteiger partial charge in [-0.05, 0) is 31.0 Å². The first-order valence-corrected chi connectivity index (χ1v) is 11.0. The van der Waals surface area contributed by atoms with E-state index in [1.807, 2.05) is 55.5 Å². The Morgan fingerprint density at radius 3 is 2.39 bits per heavy atom. The zero-order valence-electron chi connectivity index (χ0n) is 17.6. The second kappa shape index (κ2) is 9.58. The molecule has 31 heavy (non-hydrogen) atoms. The molecule has 0 unspecified atom stereocenters. The van der Waals surface area contributed by atoms with Crippen LogP contribution in [0.2, 0.25) is 0 Å². The molecular formula is C26H24N2O2S. The van der Waals surface area contributed by atoms with Crippen molar-refractivity contribution in [3.8, 4) is 27.6 Å². The third kappa shape index (κ3) is 5.38. The number of benzene rings is 3. The third-order valence-corrected chi connectivity index (χ3v) is 5.89. The number of hydrogen-bond acceptors (Lipinski definition) is 4. The molecule has 1 heterocycles. The van der Waals surface area contributed by atoms with Crippen molar-refractivity contribution in [1.82, 2.24) is 10.3 Å². The molecule has 0 aliphatic heterocycles. The highest BCUT2D eigenvalue weighted by Crippen LogP contribution is 2.29. The van der Waals surface area contributed by atoms with E-state index >= 15 is 0 Å². The van der Waals surface area contributed by atoms with E-state index in [1.165, 1.54) is 5.56 Å². The van der Waals surface area contributed by atoms with Crippen LogP contribution in [0.1, 0.15) is 16.7 Å². The number of aromatic nitrogens is 1. The van der Waals surface area contributed by atoms with Gasteiger partial charge in [0.2, 0.25) is 0 Å². The van der Waals surface area contributed by atoms with E-state index in [-0.39, 0.29) is 12.5 Å². The monoisotopic (exact) mass is 428 g/mol. The molecule has 0 aliphatic rings. The van der Waals surface area contributed by atoms with Crippen LogP contribution >= 0.6 is 11.3 Å². The predicted molar refractivity (Wildman–Crippen MR) is 126 cm³/mol. The van der Waals surface area contributed by atoms with E-state index in [2.05, 4.69) is 41.9 Å². The first-order valence-electron chi connectivity index (χ1n) is 10.2. The number of ether oxygens (including phenoxy) is 1. The zero-order valence-corrected chi connectivity index (χ0v) is 18.4. The van der Waals surface area contributed by atoms with Crippen molar-refractivity contribution in [2.75, 3.05) is 6.61 Å². The molecule has 0 radical (unpaired) electrons. The highest BCUT2D eigenvalue weighted by Gasteiger charge is 2.08. The summed E-state index contributed by atoms with van der Waals surface area (Å²) in [5.74, 6) is 0.588. The Labute approximate surface area is 186 Å². The first-order chi connectivity index (χ1) is 15.1. The van der Waals surface area contributed by atoms with Crippen molar-refractivity contribution < 1.29 is 9.53 Å². The fraction of sp³-hybridized carbons (Fsp3) is 0.154. The Hall–Kier alpha value is -3.44. The molecular weight excluding hydrogens is 404 g/mol. The maximum atomic E-state index is 12.1. The summed E-state index contributed by atoms with van der Waals surface area (Å²) in [4.78, 5) is 16.9. The summed E-state index contributed by atoms with van der Waals surface area (Å²) < 4.78 is 5.59. The summed E-state index contributed by atoms with van der Waals surface area (Å²) in [7, 11) is 0. The quantitative estimate of drug-likeness (QED) is 0.405. The number of aryl methyl sites for hydroxylation is 2. The number of thiazole rings is 1. The highest BCUT2D eigenvalue weighted by atomic mass is 32.1. The Morgan fingerprint density at radius 2 is 1.65 bits per heavy atom. The molecule has 0 fully saturated rings. The normalized spacial score (nSPS) is 10.6. The largest absolute Gasteiger partial charge is 0.484 e. The highest BCUT2D eigenvalue weighted by molar-refractivity contribution is 7.13. The molecule has 0 spiro atoms. The summed E-state index contributed by atoms with van der Waals surface area (Å²) in [6.45, 7) is 4.50. The number of carbonyl (C=O) groups is 1. The van der Waals surface area contributed by atoms with Crippen LogP contribution in [0.4, 0.5) is 0 Å². The lowest BCUT2D eigenvalue weighted by Crippen LogP contribution is -2.28. The molecule has 5 heteroatoms. The fourth-order valence-electron chi connectivity index (χ4n) is 3.14. The number of rotatable bonds is 7. The van der Waals surface area contributed by atoms with Crippen molar-refractivity contribution in [1.29, 1.82) is 0 Å². The molecule has 0 saturated heterocycles. The summed E-state index contributed by atoms with van der Waals surface area (Å²) in [6, 6.07) is 24.2. The van der Waals surface area contributed by atoms with Gasteiger partial charge in [-0.3, -0.25) is 4.79 Å². The average molecular weight is 429 g/mol. The summed E-state index contributed by atoms with van der Waals surface area (Å²) in [5.41, 5.74) is 6.47. The maximum absolute atomic E-state index is 12.1. The van der Waals surface area contributed by atoms with Gasteiger partial charge in [0.1, 0.15) is 10.8 Å². The van der Waals surface area contributed by atoms with Crippen LogP contribution < -0.4 is 10.1 Å². The van der Waals surface area contributed by atoms with E-state index in [0.717, 1.165) is 38.7 Å². The molecule has 1 N–H and O–H groups in total. The predicted octanol–water partition coefficient (Wildman–Crippen LogP) is 5.79. The van der Waals surface area contributed by atoms with E-state index in [4.69, 9.17) is 9.72 Å². The summed E-state index contributed by atoms with van der Waals surface area (Å²) >= 11 is 1.63. The molecule has 0 atom stereocenters. The fourth-order valence-corrected chi connectivity index (χ4v) is 3.98. The van der Waals surface area contributed by atoms with Gasteiger partial charge in [0, 0.05) is 23.1 Å². The first kappa shape index (κ1) is 20.8. The van der Waals surface area contributed by atoms with Crippen molar-refractivity contribution in [3.63, 3.8) is 0 Å². The summed E-state index contributed by atoms with van der Waals surface area (Å²) in [5, 5.41) is 5.97. The second-order valence-corrected chi connectivity index (χ2v) is 8.29. The number of amides is 1. The molecule has 4 rings (SSSR count). The van der Waals surface area contributed by atoms with Gasteiger partial charge in [0.15, 0.2) is 6.61 Å². The lowest BCUT2D eigenvalue weighted by molar-refractivity contribution is -0.123. The van der Waals surface area contributed by atoms with Crippen molar-refractivity contribution in [2.45, 2.75) is 20.4 Å². The number of hydrogen-bond donors (Lipinski definition) is 1. The van der Waals surface area contributed by atoms with Gasteiger partial charge >= 0.3 is 0 Å². The topological polar surface area (TPSA) is 51.2 Å². The van der Waals surface area contributed by atoms with E-state index in [0.29, 0.717) is 6.54 Å². The van der Waals surface area contributed by atoms with Gasteiger partial charge in [0.25, 0.3) is 5.91 Å². The van der Waals surface area contributed by atoms with Gasteiger partial charge in [-0.25, -0.2) is 4.98 Å². The Bertz CT molecular complexity index is 1160. The van der Waals surface area contributed by atoms with Gasteiger partial charge in [0.05, 0.1) is 5.69 Å². The van der Waals surface area contributed by atoms with Crippen LogP contribution in [-0.2, 0) is 11.3 Å². The lowest BCUT2D eigenvalue weighted by atomic mass is 10.1. The lowest BCUT2D eigenvalue weighted by Gasteiger charge is -2.09. The van der Waals surface area contributed by atoms with Crippen LogP contribution in [0.15, 0.2) is 78.2 Å². The molecule has 0 aliphatic carbocycles. The minimum absolute atomic E-state index is 0.00381. The van der Waals surface area contributed by atoms with Crippen molar-refractivity contribution >= 4 is 17.2 Å². The Kier molecular flexibility index (Phi) is 6.43. The SMILES string of the molecule is Cc1ccc(-c2csc(-c3ccc(CNC(=O)COc4ccccc4C)cc3)n2)cc1. The molecule has 3 aromatic carbocycles. The van der Waals surface area contributed by atoms with Gasteiger partial charge in [-0.2, -0.15) is 0 Å². The van der Waals surface area contributed by atoms with Crippen LogP contribution in [0.5, 0.6) is 5.75 Å². The molecule has 0 bridgehead atoms. The minimum atomic E-state index is -0.144. The standard InChI is InChI=1S/C26H24N2O2S/c1-18-7-11-21(12-8-18)23-17-31-26(28-23)22-13-9-20(10-14-22)15-27-25(29)16-30-24-6-4-3-5-19(24)2/h3-14,17H,15-16H2,1-2H3,(H,27,29). The van der Waals surface area contributed by atoms with Crippen LogP contribution in [0, 0.1) is 13.8 Å². The van der Waals surface area contributed by atoms with E-state index in [9.17, 15) is 4.79 Å². The van der Waals surface area contributed by atoms with E-state index < -0.39 is 0 Å². The minimum Gasteiger partial charge on any atom is -0.484 e. The van der Waals surface area contributed by atoms with Gasteiger partial charge in [-0.15, -0.1) is 11.3 Å². The zero-order chi connectivity index (χ0) is 21.6. The van der Waals surface area contributed by atoms with Crippen LogP contribution in [-0.4, -0.2) is 17.5 Å². The smallest absolute Gasteiger partial charge is 0.258 e. The van der Waals surface area contributed by atoms with Crippen molar-refractivity contribution in [2.24, 2.45) is 0 Å². The van der Waals surface area contributed by atoms with Crippen molar-refractivity contribution in [3.05, 3.63) is 94.9 Å². The number of carbonyl (C=O) groups excluding carboxylic acids is 1. The Morgan fingerprint density at radius 1 is 0.935 bits per heavy atom. The molecule has 4 nitrogen and oxygen atoms in total. The molecule has 1 amide bonds. The molecule has 4 aromatic rings. The number of nitrogens with one attached hydrogen (secondary N) is 1. The Balaban J connectivity index is 1.32. The van der Waals surface area contributed by atoms with Crippen LogP contribution in [0.3, 0.4) is 0 Å². The molecule has 156 valence electrons. The second-order valence-electron chi connectivity index (χ2n) is 7.43. The average Bonchev–Trinajstić information content (AvgIpc) is 3.28. The number of para-hydroxylation sites is 1. The van der Waals surface area contributed by atoms with Crippen LogP contribution in [0.25, 0.3) is 21.8 Å². The third-order valence-electron chi connectivity index (χ3n) is 4.99. The molecule has 0 saturated carbocycles. The van der Waals surface area contributed by atoms with Gasteiger partial charge in [-0.1, -0.05) is 72.3 Å². The van der Waals surface area contributed by atoms with Gasteiger partial charge < -0.3 is 10.1 Å². The van der Waals surface area contributed by atoms with E-state index in [1.54, 1.807) is 11.3 Å². The molecule has 1 aromatic heterocycles. The number of nitrogens with zero attached hydrogens (tertiary/aromatic N) is 1.